The molecule has 3 aromatic rings. The second-order valence-electron chi connectivity index (χ2n) is 8.65. The number of fused-ring (bicyclic) bond motifs is 1. The van der Waals surface area contributed by atoms with Crippen molar-refractivity contribution in [3.8, 4) is 11.1 Å². The molecule has 2 aliphatic rings. The van der Waals surface area contributed by atoms with Crippen molar-refractivity contribution in [1.82, 2.24) is 4.57 Å². The Kier molecular flexibility index (Phi) is 5.39. The number of hydrogen-bond donors (Lipinski definition) is 1. The van der Waals surface area contributed by atoms with E-state index in [2.05, 4.69) is 0 Å². The van der Waals surface area contributed by atoms with E-state index in [-0.39, 0.29) is 17.8 Å². The van der Waals surface area contributed by atoms with Crippen molar-refractivity contribution in [3.05, 3.63) is 76.5 Å². The Morgan fingerprint density at radius 3 is 2.47 bits per heavy atom. The number of aromatic nitrogens is 1. The first-order valence-corrected chi connectivity index (χ1v) is 11.0. The highest BCUT2D eigenvalue weighted by Crippen LogP contribution is 2.35. The maximum Gasteiger partial charge on any atom is 0.309 e. The molecule has 5 rings (SSSR count). The first-order valence-electron chi connectivity index (χ1n) is 11.0. The Morgan fingerprint density at radius 2 is 1.78 bits per heavy atom. The van der Waals surface area contributed by atoms with Crippen molar-refractivity contribution in [2.75, 3.05) is 0 Å². The number of aliphatic hydroxyl groups is 1. The van der Waals surface area contributed by atoms with Gasteiger partial charge >= 0.3 is 5.97 Å². The summed E-state index contributed by atoms with van der Waals surface area (Å²) in [4.78, 5) is 25.2. The van der Waals surface area contributed by atoms with E-state index in [1.165, 1.54) is 12.1 Å². The molecule has 2 atom stereocenters. The van der Waals surface area contributed by atoms with Gasteiger partial charge in [-0.3, -0.25) is 9.59 Å². The number of rotatable bonds is 5. The van der Waals surface area contributed by atoms with E-state index in [1.54, 1.807) is 22.8 Å². The minimum absolute atomic E-state index is 0.00642. The van der Waals surface area contributed by atoms with Crippen LogP contribution < -0.4 is 5.56 Å². The maximum atomic E-state index is 13.7. The van der Waals surface area contributed by atoms with Gasteiger partial charge in [-0.2, -0.15) is 0 Å². The summed E-state index contributed by atoms with van der Waals surface area (Å²) in [5.74, 6) is -0.313. The number of cyclic esters (lactones) is 1. The van der Waals surface area contributed by atoms with Crippen LogP contribution in [0, 0.1) is 11.7 Å². The van der Waals surface area contributed by atoms with Crippen molar-refractivity contribution < 1.29 is 19.0 Å². The molecule has 6 heteroatoms. The molecule has 32 heavy (non-hydrogen) atoms. The van der Waals surface area contributed by atoms with Gasteiger partial charge < -0.3 is 14.4 Å². The van der Waals surface area contributed by atoms with Crippen LogP contribution in [0.25, 0.3) is 28.0 Å². The van der Waals surface area contributed by atoms with Crippen LogP contribution in [0.4, 0.5) is 4.39 Å². The lowest BCUT2D eigenvalue weighted by Gasteiger charge is -2.24. The van der Waals surface area contributed by atoms with Crippen molar-refractivity contribution in [2.45, 2.75) is 44.4 Å². The molecule has 2 aromatic carbocycles. The molecule has 2 fully saturated rings. The lowest BCUT2D eigenvalue weighted by molar-refractivity contribution is -0.156. The summed E-state index contributed by atoms with van der Waals surface area (Å²) in [6.07, 6.45) is 4.71. The monoisotopic (exact) mass is 433 g/mol. The average molecular weight is 433 g/mol. The van der Waals surface area contributed by atoms with Gasteiger partial charge in [0.1, 0.15) is 11.9 Å². The second kappa shape index (κ2) is 8.36. The first kappa shape index (κ1) is 20.6. The number of halogens is 1. The number of benzene rings is 2. The number of ether oxygens (including phenoxy) is 1. The number of pyridine rings is 1. The molecule has 2 heterocycles. The summed E-state index contributed by atoms with van der Waals surface area (Å²) >= 11 is 0. The van der Waals surface area contributed by atoms with Crippen LogP contribution in [0.1, 0.15) is 31.4 Å². The lowest BCUT2D eigenvalue weighted by atomic mass is 9.95. The predicted molar refractivity (Wildman–Crippen MR) is 120 cm³/mol. The Balaban J connectivity index is 1.72. The molecule has 5 nitrogen and oxygen atoms in total. The quantitative estimate of drug-likeness (QED) is 0.610. The van der Waals surface area contributed by atoms with Crippen LogP contribution in [0.2, 0.25) is 0 Å². The highest BCUT2D eigenvalue weighted by molar-refractivity contribution is 5.99. The summed E-state index contributed by atoms with van der Waals surface area (Å²) in [6.45, 7) is 0.602. The lowest BCUT2D eigenvalue weighted by Crippen LogP contribution is -2.31. The zero-order chi connectivity index (χ0) is 22.2. The Bertz CT molecular complexity index is 1260. The van der Waals surface area contributed by atoms with E-state index in [1.807, 2.05) is 30.3 Å². The summed E-state index contributed by atoms with van der Waals surface area (Å²) < 4.78 is 20.8. The molecule has 0 bridgehead atoms. The van der Waals surface area contributed by atoms with Crippen molar-refractivity contribution in [2.24, 2.45) is 5.92 Å². The van der Waals surface area contributed by atoms with E-state index >= 15 is 0 Å². The van der Waals surface area contributed by atoms with E-state index in [0.717, 1.165) is 29.4 Å². The fourth-order valence-corrected chi connectivity index (χ4v) is 4.37. The maximum absolute atomic E-state index is 13.7. The van der Waals surface area contributed by atoms with Gasteiger partial charge in [0, 0.05) is 23.9 Å². The third-order valence-electron chi connectivity index (χ3n) is 6.15. The summed E-state index contributed by atoms with van der Waals surface area (Å²) in [5.41, 5.74) is 2.26. The Hall–Kier alpha value is -3.25. The van der Waals surface area contributed by atoms with Crippen molar-refractivity contribution in [1.29, 1.82) is 0 Å². The third kappa shape index (κ3) is 4.10. The molecule has 0 amide bonds. The molecule has 1 saturated heterocycles. The Morgan fingerprint density at radius 1 is 1.06 bits per heavy atom. The zero-order valence-electron chi connectivity index (χ0n) is 17.5. The van der Waals surface area contributed by atoms with Gasteiger partial charge in [0.15, 0.2) is 0 Å². The van der Waals surface area contributed by atoms with Crippen molar-refractivity contribution in [3.63, 3.8) is 0 Å². The van der Waals surface area contributed by atoms with Crippen LogP contribution in [0.15, 0.2) is 59.4 Å². The molecule has 1 N–H and O–H groups in total. The smallest absolute Gasteiger partial charge is 0.309 e. The number of nitrogens with zero attached hydrogens (tertiary/aromatic N) is 1. The second-order valence-corrected chi connectivity index (χ2v) is 8.65. The summed E-state index contributed by atoms with van der Waals surface area (Å²) in [5, 5.41) is 11.4. The highest BCUT2D eigenvalue weighted by atomic mass is 19.1. The van der Waals surface area contributed by atoms with Gasteiger partial charge in [-0.05, 0) is 60.1 Å². The molecule has 0 spiro atoms. The van der Waals surface area contributed by atoms with Crippen LogP contribution in [0.3, 0.4) is 0 Å². The minimum atomic E-state index is -0.743. The van der Waals surface area contributed by atoms with E-state index in [4.69, 9.17) is 4.74 Å². The van der Waals surface area contributed by atoms with Gasteiger partial charge in [0.2, 0.25) is 0 Å². The number of aliphatic hydroxyl groups excluding tert-OH is 1. The third-order valence-corrected chi connectivity index (χ3v) is 6.15. The fourth-order valence-electron chi connectivity index (χ4n) is 4.37. The minimum Gasteiger partial charge on any atom is -0.458 e. The molecular formula is C26H24FNO4. The van der Waals surface area contributed by atoms with E-state index in [9.17, 15) is 19.1 Å². The van der Waals surface area contributed by atoms with Crippen LogP contribution >= 0.6 is 0 Å². The van der Waals surface area contributed by atoms with Gasteiger partial charge in [-0.25, -0.2) is 4.39 Å². The molecule has 1 aliphatic heterocycles. The fraction of sp³-hybridized carbons (Fsp3) is 0.308. The average Bonchev–Trinajstić information content (AvgIpc) is 3.59. The largest absolute Gasteiger partial charge is 0.458 e. The molecule has 0 radical (unpaired) electrons. The number of esters is 1. The van der Waals surface area contributed by atoms with Gasteiger partial charge in [0.25, 0.3) is 5.56 Å². The topological polar surface area (TPSA) is 68.5 Å². The molecule has 1 aliphatic carbocycles. The SMILES string of the molecule is O=C1C[C@H](O)C[C@@H](C=Cc2c(-c3ccc(F)cc3)c3ccccc3c(=O)n2CC2CC2)O1. The number of carbonyl (C=O) groups excluding carboxylic acids is 1. The molecule has 1 saturated carbocycles. The Labute approximate surface area is 184 Å². The van der Waals surface area contributed by atoms with Gasteiger partial charge in [-0.15, -0.1) is 0 Å². The van der Waals surface area contributed by atoms with Gasteiger partial charge in [0.05, 0.1) is 18.2 Å². The highest BCUT2D eigenvalue weighted by Gasteiger charge is 2.27. The van der Waals surface area contributed by atoms with Crippen LogP contribution in [-0.4, -0.2) is 27.9 Å². The molecule has 164 valence electrons. The normalized spacial score (nSPS) is 21.2. The molecular weight excluding hydrogens is 409 g/mol. The van der Waals surface area contributed by atoms with E-state index < -0.39 is 18.2 Å². The number of carbonyl (C=O) groups is 1. The van der Waals surface area contributed by atoms with Crippen molar-refractivity contribution >= 4 is 22.8 Å². The first-order chi connectivity index (χ1) is 15.5. The zero-order valence-corrected chi connectivity index (χ0v) is 17.5. The van der Waals surface area contributed by atoms with Crippen LogP contribution in [-0.2, 0) is 16.1 Å². The molecule has 1 aromatic heterocycles. The molecule has 0 unspecified atom stereocenters. The predicted octanol–water partition coefficient (Wildman–Crippen LogP) is 4.30. The standard InChI is InChI=1S/C26H24FNO4/c27-18-9-7-17(8-10-18)25-21-3-1-2-4-22(21)26(31)28(15-16-5-6-16)23(25)12-11-20-13-19(29)14-24(30)32-20/h1-4,7-12,16,19-20,29H,5-6,13-15H2/t19-,20-/m1/s1. The number of hydrogen-bond acceptors (Lipinski definition) is 4. The van der Waals surface area contributed by atoms with E-state index in [0.29, 0.717) is 30.0 Å². The summed E-state index contributed by atoms with van der Waals surface area (Å²) in [7, 11) is 0. The summed E-state index contributed by atoms with van der Waals surface area (Å²) in [6, 6.07) is 13.7. The van der Waals surface area contributed by atoms with Crippen LogP contribution in [0.5, 0.6) is 0 Å². The van der Waals surface area contributed by atoms with Gasteiger partial charge in [-0.1, -0.05) is 30.3 Å².